The molecule has 6 rings (SSSR count). The van der Waals surface area contributed by atoms with Gasteiger partial charge in [0, 0.05) is 35.7 Å². The molecule has 5 heterocycles. The number of hydrogen-bond acceptors (Lipinski definition) is 6. The number of hydrogen-bond donors (Lipinski definition) is 3. The number of benzene rings is 1. The summed E-state index contributed by atoms with van der Waals surface area (Å²) in [5, 5.41) is 7.68. The summed E-state index contributed by atoms with van der Waals surface area (Å²) in [5.74, 6) is 0.720. The van der Waals surface area contributed by atoms with Crippen molar-refractivity contribution in [3.63, 3.8) is 0 Å². The molecule has 5 aromatic heterocycles. The lowest BCUT2D eigenvalue weighted by Gasteiger charge is -2.04. The Kier molecular flexibility index (Phi) is 3.81. The molecule has 0 atom stereocenters. The first-order valence-corrected chi connectivity index (χ1v) is 9.81. The van der Waals surface area contributed by atoms with Crippen molar-refractivity contribution in [2.45, 2.75) is 6.92 Å². The van der Waals surface area contributed by atoms with Crippen LogP contribution in [0.25, 0.3) is 50.4 Å². The zero-order valence-corrected chi connectivity index (χ0v) is 16.8. The zero-order valence-electron chi connectivity index (χ0n) is 16.8. The van der Waals surface area contributed by atoms with Crippen LogP contribution in [0.4, 0.5) is 10.1 Å². The van der Waals surface area contributed by atoms with E-state index in [0.717, 1.165) is 11.2 Å². The van der Waals surface area contributed by atoms with Crippen molar-refractivity contribution >= 4 is 27.6 Å². The van der Waals surface area contributed by atoms with Crippen LogP contribution in [0.5, 0.6) is 0 Å². The number of pyridine rings is 2. The minimum absolute atomic E-state index is 0.227. The molecule has 0 spiro atoms. The van der Waals surface area contributed by atoms with Gasteiger partial charge in [-0.3, -0.25) is 14.6 Å². The van der Waals surface area contributed by atoms with Crippen LogP contribution in [0, 0.1) is 12.7 Å². The second kappa shape index (κ2) is 6.71. The van der Waals surface area contributed by atoms with Crippen molar-refractivity contribution < 1.29 is 4.39 Å². The first-order valence-electron chi connectivity index (χ1n) is 9.81. The van der Waals surface area contributed by atoms with E-state index >= 15 is 0 Å². The highest BCUT2D eigenvalue weighted by Crippen LogP contribution is 2.33. The fourth-order valence-corrected chi connectivity index (χ4v) is 3.80. The molecule has 0 aliphatic rings. The average molecular weight is 425 g/mol. The lowest BCUT2D eigenvalue weighted by atomic mass is 10.0. The van der Waals surface area contributed by atoms with Gasteiger partial charge in [-0.05, 0) is 36.8 Å². The second-order valence-electron chi connectivity index (χ2n) is 7.50. The number of aromatic nitrogens is 8. The molecule has 156 valence electrons. The number of imidazole rings is 2. The summed E-state index contributed by atoms with van der Waals surface area (Å²) in [6, 6.07) is 6.85. The molecule has 0 aliphatic heterocycles. The Hall–Kier alpha value is -4.60. The Morgan fingerprint density at radius 2 is 1.97 bits per heavy atom. The van der Waals surface area contributed by atoms with Crippen molar-refractivity contribution in [1.82, 2.24) is 39.7 Å². The van der Waals surface area contributed by atoms with Crippen molar-refractivity contribution in [2.24, 2.45) is 0 Å². The van der Waals surface area contributed by atoms with Crippen LogP contribution in [0.3, 0.4) is 0 Å². The van der Waals surface area contributed by atoms with Crippen molar-refractivity contribution in [2.75, 3.05) is 5.73 Å². The smallest absolute Gasteiger partial charge is 0.166 e. The molecule has 0 radical (unpaired) electrons. The normalized spacial score (nSPS) is 11.6. The first kappa shape index (κ1) is 18.2. The number of aryl methyl sites for hydroxylation is 1. The molecule has 32 heavy (non-hydrogen) atoms. The Labute approximate surface area is 180 Å². The van der Waals surface area contributed by atoms with E-state index in [-0.39, 0.29) is 5.52 Å². The van der Waals surface area contributed by atoms with Gasteiger partial charge in [-0.25, -0.2) is 19.3 Å². The molecule has 9 nitrogen and oxygen atoms in total. The van der Waals surface area contributed by atoms with E-state index < -0.39 is 5.82 Å². The summed E-state index contributed by atoms with van der Waals surface area (Å²) in [4.78, 5) is 20.9. The van der Waals surface area contributed by atoms with Gasteiger partial charge in [-0.15, -0.1) is 0 Å². The van der Waals surface area contributed by atoms with Gasteiger partial charge in [0.2, 0.25) is 0 Å². The highest BCUT2D eigenvalue weighted by molar-refractivity contribution is 5.96. The molecule has 0 bridgehead atoms. The van der Waals surface area contributed by atoms with Gasteiger partial charge < -0.3 is 10.7 Å². The quantitative estimate of drug-likeness (QED) is 0.396. The lowest BCUT2D eigenvalue weighted by Crippen LogP contribution is -1.95. The largest absolute Gasteiger partial charge is 0.397 e. The van der Waals surface area contributed by atoms with E-state index in [0.29, 0.717) is 45.1 Å². The molecular formula is C22H16FN9. The SMILES string of the molecule is Cc1cn(-c2nccc3[nH]c(-c4[nH]nc5c(F)cc(-c6cncc(N)c6)cc45)nc23)cn1. The van der Waals surface area contributed by atoms with Gasteiger partial charge in [0.15, 0.2) is 17.5 Å². The number of anilines is 1. The van der Waals surface area contributed by atoms with E-state index in [1.54, 1.807) is 31.0 Å². The summed E-state index contributed by atoms with van der Waals surface area (Å²) in [5.41, 5.74) is 10.8. The third kappa shape index (κ3) is 2.81. The van der Waals surface area contributed by atoms with Crippen LogP contribution in [0.2, 0.25) is 0 Å². The Morgan fingerprint density at radius 1 is 1.06 bits per heavy atom. The number of nitrogens with two attached hydrogens (primary N) is 1. The van der Waals surface area contributed by atoms with E-state index in [9.17, 15) is 4.39 Å². The van der Waals surface area contributed by atoms with Crippen LogP contribution in [-0.4, -0.2) is 39.7 Å². The fraction of sp³-hybridized carbons (Fsp3) is 0.0455. The number of rotatable bonds is 3. The molecule has 0 aliphatic carbocycles. The van der Waals surface area contributed by atoms with Crippen LogP contribution >= 0.6 is 0 Å². The van der Waals surface area contributed by atoms with E-state index in [2.05, 4.69) is 30.1 Å². The number of fused-ring (bicyclic) bond motifs is 2. The van der Waals surface area contributed by atoms with E-state index in [4.69, 9.17) is 10.7 Å². The van der Waals surface area contributed by atoms with Crippen LogP contribution in [0.15, 0.2) is 55.4 Å². The third-order valence-corrected chi connectivity index (χ3v) is 5.28. The number of halogens is 1. The Morgan fingerprint density at radius 3 is 2.78 bits per heavy atom. The minimum Gasteiger partial charge on any atom is -0.397 e. The van der Waals surface area contributed by atoms with Crippen LogP contribution in [0.1, 0.15) is 5.69 Å². The molecule has 4 N–H and O–H groups in total. The van der Waals surface area contributed by atoms with Crippen LogP contribution < -0.4 is 5.73 Å². The standard InChI is InChI=1S/C22H16FN9/c1-11-9-32(10-27-11)22-20-17(2-3-26-22)28-21(29-20)19-15-5-12(6-16(23)18(15)30-31-19)13-4-14(24)8-25-7-13/h2-10H,24H2,1H3,(H,28,29)(H,30,31). The third-order valence-electron chi connectivity index (χ3n) is 5.28. The lowest BCUT2D eigenvalue weighted by molar-refractivity contribution is 0.636. The van der Waals surface area contributed by atoms with Gasteiger partial charge in [0.25, 0.3) is 0 Å². The predicted molar refractivity (Wildman–Crippen MR) is 118 cm³/mol. The zero-order chi connectivity index (χ0) is 21.8. The minimum atomic E-state index is -0.449. The monoisotopic (exact) mass is 425 g/mol. The Balaban J connectivity index is 1.54. The van der Waals surface area contributed by atoms with Crippen molar-refractivity contribution in [1.29, 1.82) is 0 Å². The summed E-state index contributed by atoms with van der Waals surface area (Å²) in [6.07, 6.45) is 8.46. The summed E-state index contributed by atoms with van der Waals surface area (Å²) < 4.78 is 16.7. The van der Waals surface area contributed by atoms with Crippen molar-refractivity contribution in [3.8, 4) is 28.5 Å². The molecular weight excluding hydrogens is 409 g/mol. The maximum Gasteiger partial charge on any atom is 0.166 e. The molecule has 0 saturated heterocycles. The second-order valence-corrected chi connectivity index (χ2v) is 7.50. The molecule has 0 amide bonds. The fourth-order valence-electron chi connectivity index (χ4n) is 3.80. The van der Waals surface area contributed by atoms with Gasteiger partial charge in [0.05, 0.1) is 16.9 Å². The molecule has 1 aromatic carbocycles. The maximum absolute atomic E-state index is 14.9. The number of nitrogens with one attached hydrogen (secondary N) is 2. The highest BCUT2D eigenvalue weighted by atomic mass is 19.1. The van der Waals surface area contributed by atoms with Crippen LogP contribution in [-0.2, 0) is 0 Å². The topological polar surface area (TPSA) is 127 Å². The summed E-state index contributed by atoms with van der Waals surface area (Å²) in [6.45, 7) is 1.91. The molecule has 0 fully saturated rings. The van der Waals surface area contributed by atoms with Gasteiger partial charge in [-0.2, -0.15) is 5.10 Å². The molecule has 0 unspecified atom stereocenters. The first-order chi connectivity index (χ1) is 15.6. The number of aromatic amines is 2. The number of nitrogen functional groups attached to an aromatic ring is 1. The molecule has 6 aromatic rings. The van der Waals surface area contributed by atoms with E-state index in [1.807, 2.05) is 29.8 Å². The maximum atomic E-state index is 14.9. The number of H-pyrrole nitrogens is 2. The van der Waals surface area contributed by atoms with Gasteiger partial charge >= 0.3 is 0 Å². The van der Waals surface area contributed by atoms with Gasteiger partial charge in [-0.1, -0.05) is 0 Å². The van der Waals surface area contributed by atoms with Gasteiger partial charge in [0.1, 0.15) is 23.1 Å². The average Bonchev–Trinajstić information content (AvgIpc) is 3.50. The summed E-state index contributed by atoms with van der Waals surface area (Å²) in [7, 11) is 0. The highest BCUT2D eigenvalue weighted by Gasteiger charge is 2.18. The summed E-state index contributed by atoms with van der Waals surface area (Å²) >= 11 is 0. The van der Waals surface area contributed by atoms with Crippen molar-refractivity contribution in [3.05, 3.63) is 66.9 Å². The predicted octanol–water partition coefficient (Wildman–Crippen LogP) is 3.78. The molecule has 0 saturated carbocycles. The molecule has 10 heteroatoms. The van der Waals surface area contributed by atoms with E-state index in [1.165, 1.54) is 6.07 Å². The number of nitrogens with zero attached hydrogens (tertiary/aromatic N) is 6. The Bertz CT molecular complexity index is 1630.